The summed E-state index contributed by atoms with van der Waals surface area (Å²) in [7, 11) is 0. The molecule has 0 aliphatic heterocycles. The van der Waals surface area contributed by atoms with Gasteiger partial charge < -0.3 is 14.9 Å². The van der Waals surface area contributed by atoms with Crippen molar-refractivity contribution in [2.45, 2.75) is 44.8 Å². The number of hydrogen-bond acceptors (Lipinski definition) is 3. The van der Waals surface area contributed by atoms with E-state index in [1.807, 2.05) is 18.2 Å². The Balaban J connectivity index is 2.02. The lowest BCUT2D eigenvalue weighted by Crippen LogP contribution is -2.11. The molecule has 2 N–H and O–H groups in total. The summed E-state index contributed by atoms with van der Waals surface area (Å²) in [6.45, 7) is 2.26. The molecule has 1 aliphatic rings. The van der Waals surface area contributed by atoms with Gasteiger partial charge in [-0.2, -0.15) is 0 Å². The minimum Gasteiger partial charge on any atom is -0.493 e. The van der Waals surface area contributed by atoms with Crippen molar-refractivity contribution in [2.24, 2.45) is 0 Å². The standard InChI is InChI=1S/C14H20O3/c1-10(15)7-8-17-12-6-5-11-3-2-4-14(16)13(11)9-12/h5-6,9-10,14-16H,2-4,7-8H2,1H3/t10?,14-/m0/s1. The van der Waals surface area contributed by atoms with Gasteiger partial charge in [-0.05, 0) is 49.4 Å². The van der Waals surface area contributed by atoms with Crippen LogP contribution in [-0.2, 0) is 6.42 Å². The average molecular weight is 236 g/mol. The topological polar surface area (TPSA) is 49.7 Å². The monoisotopic (exact) mass is 236 g/mol. The molecule has 1 aliphatic carbocycles. The molecule has 0 bridgehead atoms. The Morgan fingerprint density at radius 2 is 2.29 bits per heavy atom. The Labute approximate surface area is 102 Å². The second-order valence-corrected chi connectivity index (χ2v) is 4.75. The van der Waals surface area contributed by atoms with Crippen LogP contribution in [0.25, 0.3) is 0 Å². The molecule has 3 heteroatoms. The predicted octanol–water partition coefficient (Wildman–Crippen LogP) is 2.21. The molecular weight excluding hydrogens is 216 g/mol. The first-order chi connectivity index (χ1) is 8.16. The fraction of sp³-hybridized carbons (Fsp3) is 0.571. The molecule has 0 saturated carbocycles. The summed E-state index contributed by atoms with van der Waals surface area (Å²) in [5, 5.41) is 19.0. The third-order valence-electron chi connectivity index (χ3n) is 3.20. The van der Waals surface area contributed by atoms with E-state index in [4.69, 9.17) is 9.84 Å². The SMILES string of the molecule is CC(O)CCOc1ccc2c(c1)[C@@H](O)CCC2. The molecule has 0 aromatic heterocycles. The quantitative estimate of drug-likeness (QED) is 0.842. The summed E-state index contributed by atoms with van der Waals surface area (Å²) in [5.74, 6) is 0.783. The molecular formula is C14H20O3. The molecule has 1 aromatic rings. The van der Waals surface area contributed by atoms with Crippen molar-refractivity contribution < 1.29 is 14.9 Å². The number of hydrogen-bond donors (Lipinski definition) is 2. The molecule has 0 spiro atoms. The van der Waals surface area contributed by atoms with Crippen LogP contribution in [0.3, 0.4) is 0 Å². The van der Waals surface area contributed by atoms with Crippen LogP contribution >= 0.6 is 0 Å². The molecule has 2 atom stereocenters. The fourth-order valence-corrected chi connectivity index (χ4v) is 2.19. The zero-order valence-electron chi connectivity index (χ0n) is 10.2. The highest BCUT2D eigenvalue weighted by atomic mass is 16.5. The first-order valence-corrected chi connectivity index (χ1v) is 6.28. The zero-order valence-corrected chi connectivity index (χ0v) is 10.2. The van der Waals surface area contributed by atoms with Gasteiger partial charge in [0, 0.05) is 6.42 Å². The lowest BCUT2D eigenvalue weighted by molar-refractivity contribution is 0.151. The zero-order chi connectivity index (χ0) is 12.3. The summed E-state index contributed by atoms with van der Waals surface area (Å²) in [4.78, 5) is 0. The molecule has 17 heavy (non-hydrogen) atoms. The fourth-order valence-electron chi connectivity index (χ4n) is 2.19. The van der Waals surface area contributed by atoms with Crippen LogP contribution in [0.15, 0.2) is 18.2 Å². The number of aliphatic hydroxyl groups is 2. The lowest BCUT2D eigenvalue weighted by Gasteiger charge is -2.22. The second-order valence-electron chi connectivity index (χ2n) is 4.75. The van der Waals surface area contributed by atoms with Gasteiger partial charge in [0.1, 0.15) is 5.75 Å². The first-order valence-electron chi connectivity index (χ1n) is 6.28. The maximum Gasteiger partial charge on any atom is 0.119 e. The van der Waals surface area contributed by atoms with Gasteiger partial charge in [0.25, 0.3) is 0 Å². The van der Waals surface area contributed by atoms with Crippen molar-refractivity contribution in [3.8, 4) is 5.75 Å². The van der Waals surface area contributed by atoms with E-state index < -0.39 is 0 Å². The summed E-state index contributed by atoms with van der Waals surface area (Å²) in [6, 6.07) is 5.91. The Kier molecular flexibility index (Phi) is 4.02. The maximum absolute atomic E-state index is 9.90. The van der Waals surface area contributed by atoms with Gasteiger partial charge in [-0.15, -0.1) is 0 Å². The van der Waals surface area contributed by atoms with Crippen LogP contribution in [0.4, 0.5) is 0 Å². The normalized spacial score (nSPS) is 20.8. The molecule has 0 heterocycles. The van der Waals surface area contributed by atoms with Gasteiger partial charge >= 0.3 is 0 Å². The Morgan fingerprint density at radius 3 is 3.06 bits per heavy atom. The number of rotatable bonds is 4. The van der Waals surface area contributed by atoms with Crippen molar-refractivity contribution >= 4 is 0 Å². The van der Waals surface area contributed by atoms with Crippen LogP contribution in [0.2, 0.25) is 0 Å². The van der Waals surface area contributed by atoms with Gasteiger partial charge in [-0.3, -0.25) is 0 Å². The molecule has 0 radical (unpaired) electrons. The van der Waals surface area contributed by atoms with Crippen molar-refractivity contribution in [1.82, 2.24) is 0 Å². The predicted molar refractivity (Wildman–Crippen MR) is 66.1 cm³/mol. The smallest absolute Gasteiger partial charge is 0.119 e. The van der Waals surface area contributed by atoms with E-state index in [9.17, 15) is 5.11 Å². The van der Waals surface area contributed by atoms with Gasteiger partial charge in [0.15, 0.2) is 0 Å². The van der Waals surface area contributed by atoms with Crippen molar-refractivity contribution in [1.29, 1.82) is 0 Å². The molecule has 94 valence electrons. The summed E-state index contributed by atoms with van der Waals surface area (Å²) in [6.07, 6.45) is 2.87. The molecule has 1 aromatic carbocycles. The van der Waals surface area contributed by atoms with E-state index in [-0.39, 0.29) is 12.2 Å². The highest BCUT2D eigenvalue weighted by Gasteiger charge is 2.18. The van der Waals surface area contributed by atoms with Gasteiger partial charge in [-0.25, -0.2) is 0 Å². The minimum absolute atomic E-state index is 0.335. The van der Waals surface area contributed by atoms with Crippen LogP contribution in [0.5, 0.6) is 5.75 Å². The highest BCUT2D eigenvalue weighted by Crippen LogP contribution is 2.32. The maximum atomic E-state index is 9.90. The van der Waals surface area contributed by atoms with E-state index in [0.717, 1.165) is 30.6 Å². The van der Waals surface area contributed by atoms with Crippen LogP contribution < -0.4 is 4.74 Å². The van der Waals surface area contributed by atoms with Gasteiger partial charge in [-0.1, -0.05) is 6.07 Å². The number of benzene rings is 1. The van der Waals surface area contributed by atoms with E-state index in [1.165, 1.54) is 5.56 Å². The van der Waals surface area contributed by atoms with E-state index in [0.29, 0.717) is 13.0 Å². The number of aliphatic hydroxyl groups excluding tert-OH is 2. The Hall–Kier alpha value is -1.06. The summed E-state index contributed by atoms with van der Waals surface area (Å²) in [5.41, 5.74) is 2.23. The van der Waals surface area contributed by atoms with Crippen LogP contribution in [-0.4, -0.2) is 22.9 Å². The summed E-state index contributed by atoms with van der Waals surface area (Å²) < 4.78 is 5.56. The molecule has 0 fully saturated rings. The Morgan fingerprint density at radius 1 is 1.47 bits per heavy atom. The van der Waals surface area contributed by atoms with E-state index in [1.54, 1.807) is 6.92 Å². The van der Waals surface area contributed by atoms with Crippen molar-refractivity contribution in [2.75, 3.05) is 6.61 Å². The van der Waals surface area contributed by atoms with E-state index in [2.05, 4.69) is 0 Å². The Bertz CT molecular complexity index is 374. The molecule has 3 nitrogen and oxygen atoms in total. The first kappa shape index (κ1) is 12.4. The molecule has 0 saturated heterocycles. The summed E-state index contributed by atoms with van der Waals surface area (Å²) >= 11 is 0. The average Bonchev–Trinajstić information content (AvgIpc) is 2.30. The number of aryl methyl sites for hydroxylation is 1. The van der Waals surface area contributed by atoms with Crippen LogP contribution in [0.1, 0.15) is 43.4 Å². The molecule has 0 amide bonds. The minimum atomic E-state index is -0.348. The largest absolute Gasteiger partial charge is 0.493 e. The third-order valence-corrected chi connectivity index (χ3v) is 3.20. The van der Waals surface area contributed by atoms with Gasteiger partial charge in [0.05, 0.1) is 18.8 Å². The van der Waals surface area contributed by atoms with Gasteiger partial charge in [0.2, 0.25) is 0 Å². The van der Waals surface area contributed by atoms with Crippen molar-refractivity contribution in [3.05, 3.63) is 29.3 Å². The molecule has 2 rings (SSSR count). The number of ether oxygens (including phenoxy) is 1. The van der Waals surface area contributed by atoms with Crippen LogP contribution in [0, 0.1) is 0 Å². The van der Waals surface area contributed by atoms with E-state index >= 15 is 0 Å². The van der Waals surface area contributed by atoms with Crippen molar-refractivity contribution in [3.63, 3.8) is 0 Å². The third kappa shape index (κ3) is 3.20. The molecule has 1 unspecified atom stereocenters. The number of fused-ring (bicyclic) bond motifs is 1. The second kappa shape index (κ2) is 5.52. The lowest BCUT2D eigenvalue weighted by atomic mass is 9.89. The highest BCUT2D eigenvalue weighted by molar-refractivity contribution is 5.38.